The van der Waals surface area contributed by atoms with Gasteiger partial charge in [0.2, 0.25) is 0 Å². The van der Waals surface area contributed by atoms with E-state index in [1.807, 2.05) is 24.3 Å². The molecule has 0 fully saturated rings. The molecule has 4 aromatic rings. The number of carbonyl (C=O) groups is 1. The number of carbonyl (C=O) groups excluding carboxylic acids is 1. The number of hydrogen-bond acceptors (Lipinski definition) is 4. The molecule has 2 aromatic heterocycles. The lowest BCUT2D eigenvalue weighted by atomic mass is 10.1. The Kier molecular flexibility index (Phi) is 5.58. The van der Waals surface area contributed by atoms with Crippen molar-refractivity contribution in [1.29, 1.82) is 0 Å². The third-order valence-corrected chi connectivity index (χ3v) is 5.13. The van der Waals surface area contributed by atoms with Crippen LogP contribution in [-0.2, 0) is 6.61 Å². The Hall–Kier alpha value is -2.80. The number of aliphatic hydroxyl groups is 1. The summed E-state index contributed by atoms with van der Waals surface area (Å²) < 4.78 is 12.2. The first-order valence-corrected chi connectivity index (χ1v) is 9.87. The summed E-state index contributed by atoms with van der Waals surface area (Å²) in [7, 11) is 0. The fraction of sp³-hybridized carbons (Fsp3) is 0.0455. The predicted octanol–water partition coefficient (Wildman–Crippen LogP) is 6.37. The summed E-state index contributed by atoms with van der Waals surface area (Å²) in [6.07, 6.45) is 0. The van der Waals surface area contributed by atoms with E-state index in [1.165, 1.54) is 0 Å². The van der Waals surface area contributed by atoms with Crippen molar-refractivity contribution in [3.63, 3.8) is 0 Å². The van der Waals surface area contributed by atoms with Crippen molar-refractivity contribution in [2.45, 2.75) is 6.61 Å². The van der Waals surface area contributed by atoms with Crippen LogP contribution in [0.5, 0.6) is 0 Å². The van der Waals surface area contributed by atoms with Gasteiger partial charge in [0.1, 0.15) is 23.9 Å². The van der Waals surface area contributed by atoms with Gasteiger partial charge in [0.05, 0.1) is 10.7 Å². The molecule has 0 saturated carbocycles. The molecule has 0 spiro atoms. The van der Waals surface area contributed by atoms with Gasteiger partial charge in [-0.05, 0) is 54.6 Å². The molecule has 7 heteroatoms. The standard InChI is InChI=1S/C22H15BrClNO4/c23-15-4-1-13(2-5-15)19-9-10-21(29-19)22(27)25-18-11-14(3-7-17(18)24)20-8-6-16(12-26)28-20/h1-11,26H,12H2,(H,25,27). The Bertz CT molecular complexity index is 1160. The highest BCUT2D eigenvalue weighted by Gasteiger charge is 2.15. The first-order valence-electron chi connectivity index (χ1n) is 8.70. The molecule has 2 aromatic carbocycles. The van der Waals surface area contributed by atoms with E-state index in [0.717, 1.165) is 15.6 Å². The molecule has 2 N–H and O–H groups in total. The van der Waals surface area contributed by atoms with Crippen LogP contribution < -0.4 is 5.32 Å². The van der Waals surface area contributed by atoms with Crippen molar-refractivity contribution in [1.82, 2.24) is 0 Å². The van der Waals surface area contributed by atoms with Crippen molar-refractivity contribution in [2.24, 2.45) is 0 Å². The van der Waals surface area contributed by atoms with Crippen LogP contribution in [0.1, 0.15) is 16.3 Å². The fourth-order valence-corrected chi connectivity index (χ4v) is 3.23. The second kappa shape index (κ2) is 8.29. The Balaban J connectivity index is 1.55. The average molecular weight is 473 g/mol. The Labute approximate surface area is 180 Å². The number of benzene rings is 2. The van der Waals surface area contributed by atoms with Gasteiger partial charge in [0.25, 0.3) is 5.91 Å². The number of halogens is 2. The first kappa shape index (κ1) is 19.5. The topological polar surface area (TPSA) is 75.6 Å². The minimum absolute atomic E-state index is 0.171. The van der Waals surface area contributed by atoms with Gasteiger partial charge >= 0.3 is 0 Å². The van der Waals surface area contributed by atoms with Crippen molar-refractivity contribution in [2.75, 3.05) is 5.32 Å². The molecular weight excluding hydrogens is 458 g/mol. The van der Waals surface area contributed by atoms with E-state index in [4.69, 9.17) is 25.5 Å². The van der Waals surface area contributed by atoms with Crippen LogP contribution in [-0.4, -0.2) is 11.0 Å². The van der Waals surface area contributed by atoms with Crippen LogP contribution in [0, 0.1) is 0 Å². The number of rotatable bonds is 5. The quantitative estimate of drug-likeness (QED) is 0.354. The maximum atomic E-state index is 12.6. The molecule has 0 unspecified atom stereocenters. The highest BCUT2D eigenvalue weighted by Crippen LogP contribution is 2.31. The van der Waals surface area contributed by atoms with Crippen LogP contribution in [0.4, 0.5) is 5.69 Å². The zero-order valence-corrected chi connectivity index (χ0v) is 17.3. The van der Waals surface area contributed by atoms with E-state index >= 15 is 0 Å². The summed E-state index contributed by atoms with van der Waals surface area (Å²) in [4.78, 5) is 12.6. The summed E-state index contributed by atoms with van der Waals surface area (Å²) in [6.45, 7) is -0.184. The molecule has 0 bridgehead atoms. The molecule has 146 valence electrons. The van der Waals surface area contributed by atoms with Gasteiger partial charge in [-0.3, -0.25) is 4.79 Å². The Morgan fingerprint density at radius 1 is 0.931 bits per heavy atom. The number of hydrogen-bond donors (Lipinski definition) is 2. The highest BCUT2D eigenvalue weighted by atomic mass is 79.9. The summed E-state index contributed by atoms with van der Waals surface area (Å²) >= 11 is 9.64. The molecule has 0 saturated heterocycles. The molecule has 0 atom stereocenters. The second-order valence-corrected chi connectivity index (χ2v) is 7.57. The summed E-state index contributed by atoms with van der Waals surface area (Å²) in [5.74, 6) is 1.37. The average Bonchev–Trinajstić information content (AvgIpc) is 3.40. The van der Waals surface area contributed by atoms with E-state index < -0.39 is 5.91 Å². The van der Waals surface area contributed by atoms with E-state index in [-0.39, 0.29) is 12.4 Å². The van der Waals surface area contributed by atoms with Gasteiger partial charge in [0.15, 0.2) is 5.76 Å². The van der Waals surface area contributed by atoms with Crippen molar-refractivity contribution in [3.05, 3.63) is 87.7 Å². The lowest BCUT2D eigenvalue weighted by Crippen LogP contribution is -2.11. The predicted molar refractivity (Wildman–Crippen MR) is 115 cm³/mol. The molecule has 0 aliphatic carbocycles. The summed E-state index contributed by atoms with van der Waals surface area (Å²) in [5, 5.41) is 12.3. The fourth-order valence-electron chi connectivity index (χ4n) is 2.81. The molecule has 2 heterocycles. The number of nitrogens with one attached hydrogen (secondary N) is 1. The van der Waals surface area contributed by atoms with Gasteiger partial charge in [-0.15, -0.1) is 0 Å². The third-order valence-electron chi connectivity index (χ3n) is 4.28. The van der Waals surface area contributed by atoms with Crippen molar-refractivity contribution in [3.8, 4) is 22.6 Å². The normalized spacial score (nSPS) is 10.9. The van der Waals surface area contributed by atoms with Crippen LogP contribution >= 0.6 is 27.5 Å². The lowest BCUT2D eigenvalue weighted by Gasteiger charge is -2.08. The molecule has 5 nitrogen and oxygen atoms in total. The molecule has 0 aliphatic rings. The largest absolute Gasteiger partial charge is 0.459 e. The Morgan fingerprint density at radius 3 is 2.34 bits per heavy atom. The van der Waals surface area contributed by atoms with Crippen LogP contribution in [0.2, 0.25) is 5.02 Å². The number of aliphatic hydroxyl groups excluding tert-OH is 1. The molecule has 0 aliphatic heterocycles. The van der Waals surface area contributed by atoms with Gasteiger partial charge in [-0.2, -0.15) is 0 Å². The molecule has 1 amide bonds. The first-order chi connectivity index (χ1) is 14.0. The lowest BCUT2D eigenvalue weighted by molar-refractivity contribution is 0.0997. The van der Waals surface area contributed by atoms with Gasteiger partial charge in [-0.25, -0.2) is 0 Å². The second-order valence-electron chi connectivity index (χ2n) is 6.24. The zero-order valence-electron chi connectivity index (χ0n) is 15.0. The van der Waals surface area contributed by atoms with E-state index in [9.17, 15) is 4.79 Å². The van der Waals surface area contributed by atoms with Crippen molar-refractivity contribution < 1.29 is 18.7 Å². The summed E-state index contributed by atoms with van der Waals surface area (Å²) in [5.41, 5.74) is 2.02. The number of amides is 1. The number of furan rings is 2. The van der Waals surface area contributed by atoms with Gasteiger partial charge < -0.3 is 19.3 Å². The van der Waals surface area contributed by atoms with E-state index in [1.54, 1.807) is 42.5 Å². The zero-order chi connectivity index (χ0) is 20.4. The van der Waals surface area contributed by atoms with Gasteiger partial charge in [0, 0.05) is 15.6 Å². The van der Waals surface area contributed by atoms with Crippen LogP contribution in [0.25, 0.3) is 22.6 Å². The molecular formula is C22H15BrClNO4. The minimum Gasteiger partial charge on any atom is -0.459 e. The maximum absolute atomic E-state index is 12.6. The van der Waals surface area contributed by atoms with E-state index in [0.29, 0.717) is 28.0 Å². The Morgan fingerprint density at radius 2 is 1.62 bits per heavy atom. The van der Waals surface area contributed by atoms with Crippen LogP contribution in [0.3, 0.4) is 0 Å². The summed E-state index contributed by atoms with van der Waals surface area (Å²) in [6, 6.07) is 19.5. The minimum atomic E-state index is -0.414. The number of anilines is 1. The third kappa shape index (κ3) is 4.29. The molecule has 29 heavy (non-hydrogen) atoms. The monoisotopic (exact) mass is 471 g/mol. The molecule has 0 radical (unpaired) electrons. The maximum Gasteiger partial charge on any atom is 0.291 e. The van der Waals surface area contributed by atoms with Gasteiger partial charge in [-0.1, -0.05) is 39.7 Å². The molecule has 4 rings (SSSR count). The SMILES string of the molecule is O=C(Nc1cc(-c2ccc(CO)o2)ccc1Cl)c1ccc(-c2ccc(Br)cc2)o1. The van der Waals surface area contributed by atoms with Crippen molar-refractivity contribution >= 4 is 39.1 Å². The van der Waals surface area contributed by atoms with Crippen LogP contribution in [0.15, 0.2) is 80.0 Å². The highest BCUT2D eigenvalue weighted by molar-refractivity contribution is 9.10. The van der Waals surface area contributed by atoms with E-state index in [2.05, 4.69) is 21.2 Å². The smallest absolute Gasteiger partial charge is 0.291 e.